The molecule has 0 radical (unpaired) electrons. The van der Waals surface area contributed by atoms with Crippen LogP contribution < -0.4 is 9.80 Å². The molecule has 150 valence electrons. The molecular formula is C21H30N5OS+. The predicted octanol–water partition coefficient (Wildman–Crippen LogP) is 1.09. The molecule has 2 aliphatic heterocycles. The molecule has 2 aliphatic rings. The minimum atomic E-state index is 0.0957. The fourth-order valence-electron chi connectivity index (χ4n) is 4.23. The monoisotopic (exact) mass is 400 g/mol. The second-order valence-electron chi connectivity index (χ2n) is 7.87. The Morgan fingerprint density at radius 3 is 2.75 bits per heavy atom. The summed E-state index contributed by atoms with van der Waals surface area (Å²) in [5.41, 5.74) is 1.23. The highest BCUT2D eigenvalue weighted by Crippen LogP contribution is 2.26. The van der Waals surface area contributed by atoms with Crippen molar-refractivity contribution in [2.24, 2.45) is 5.92 Å². The van der Waals surface area contributed by atoms with Gasteiger partial charge in [0.05, 0.1) is 38.6 Å². The minimum Gasteiger partial charge on any atom is -0.346 e. The molecule has 2 aromatic rings. The Kier molecular flexibility index (Phi) is 6.22. The smallest absolute Gasteiger partial charge is 0.227 e. The van der Waals surface area contributed by atoms with E-state index in [0.717, 1.165) is 76.0 Å². The average molecular weight is 401 g/mol. The first-order chi connectivity index (χ1) is 13.7. The van der Waals surface area contributed by atoms with E-state index >= 15 is 0 Å². The number of anilines is 1. The molecule has 4 rings (SSSR count). The molecule has 1 aromatic heterocycles. The molecule has 3 heterocycles. The van der Waals surface area contributed by atoms with Crippen LogP contribution in [0.4, 0.5) is 5.13 Å². The van der Waals surface area contributed by atoms with Crippen molar-refractivity contribution in [2.75, 3.05) is 50.7 Å². The number of aromatic nitrogens is 2. The van der Waals surface area contributed by atoms with Gasteiger partial charge in [-0.25, -0.2) is 4.98 Å². The van der Waals surface area contributed by atoms with E-state index in [1.807, 2.05) is 18.2 Å². The molecule has 2 fully saturated rings. The Balaban J connectivity index is 1.35. The summed E-state index contributed by atoms with van der Waals surface area (Å²) in [5, 5.41) is 0.962. The van der Waals surface area contributed by atoms with Crippen LogP contribution in [0.15, 0.2) is 30.3 Å². The van der Waals surface area contributed by atoms with Gasteiger partial charge >= 0.3 is 0 Å². The quantitative estimate of drug-likeness (QED) is 0.817. The standard InChI is InChI=1S/C21H29N5OS/c1-2-24-11-13-25(14-12-24)20(27)18-9-6-10-26(16-18)21-22-19(23-28-21)15-17-7-4-3-5-8-17/h3-5,7-8,18H,2,6,9-16H2,1H3/p+1/t18-/m1/s1. The molecule has 0 spiro atoms. The number of piperidine rings is 1. The second kappa shape index (κ2) is 9.01. The van der Waals surface area contributed by atoms with Crippen molar-refractivity contribution < 1.29 is 9.69 Å². The van der Waals surface area contributed by atoms with Crippen LogP contribution in [0.25, 0.3) is 0 Å². The first kappa shape index (κ1) is 19.3. The van der Waals surface area contributed by atoms with Crippen molar-refractivity contribution in [1.29, 1.82) is 0 Å². The van der Waals surface area contributed by atoms with Crippen molar-refractivity contribution in [1.82, 2.24) is 14.3 Å². The molecule has 1 amide bonds. The number of piperazine rings is 1. The molecule has 1 aromatic carbocycles. The zero-order valence-electron chi connectivity index (χ0n) is 16.6. The van der Waals surface area contributed by atoms with Crippen LogP contribution in [-0.4, -0.2) is 66.0 Å². The lowest BCUT2D eigenvalue weighted by Crippen LogP contribution is -3.14. The van der Waals surface area contributed by atoms with Crippen LogP contribution in [0.2, 0.25) is 0 Å². The Bertz CT molecular complexity index is 772. The van der Waals surface area contributed by atoms with E-state index in [1.54, 1.807) is 4.90 Å². The summed E-state index contributed by atoms with van der Waals surface area (Å²) in [5.74, 6) is 1.31. The Morgan fingerprint density at radius 2 is 2.00 bits per heavy atom. The second-order valence-corrected chi connectivity index (χ2v) is 8.60. The maximum atomic E-state index is 13.0. The van der Waals surface area contributed by atoms with Gasteiger partial charge in [-0.2, -0.15) is 4.37 Å². The molecule has 0 saturated carbocycles. The van der Waals surface area contributed by atoms with Crippen LogP contribution in [0.3, 0.4) is 0 Å². The van der Waals surface area contributed by atoms with Crippen LogP contribution >= 0.6 is 11.5 Å². The third-order valence-corrected chi connectivity index (χ3v) is 6.80. The van der Waals surface area contributed by atoms with Crippen molar-refractivity contribution in [3.8, 4) is 0 Å². The van der Waals surface area contributed by atoms with E-state index in [0.29, 0.717) is 5.91 Å². The summed E-state index contributed by atoms with van der Waals surface area (Å²) < 4.78 is 4.55. The zero-order chi connectivity index (χ0) is 19.3. The van der Waals surface area contributed by atoms with Gasteiger partial charge < -0.3 is 14.7 Å². The largest absolute Gasteiger partial charge is 0.346 e. The molecule has 6 nitrogen and oxygen atoms in total. The molecule has 1 N–H and O–H groups in total. The lowest BCUT2D eigenvalue weighted by atomic mass is 9.96. The summed E-state index contributed by atoms with van der Waals surface area (Å²) >= 11 is 1.46. The first-order valence-corrected chi connectivity index (χ1v) is 11.2. The number of carbonyl (C=O) groups is 1. The van der Waals surface area contributed by atoms with E-state index in [-0.39, 0.29) is 5.92 Å². The van der Waals surface area contributed by atoms with Gasteiger partial charge in [-0.1, -0.05) is 30.3 Å². The van der Waals surface area contributed by atoms with Gasteiger partial charge in [0.15, 0.2) is 0 Å². The fourth-order valence-corrected chi connectivity index (χ4v) is 4.95. The van der Waals surface area contributed by atoms with Crippen molar-refractivity contribution in [2.45, 2.75) is 26.2 Å². The van der Waals surface area contributed by atoms with Crippen LogP contribution in [-0.2, 0) is 11.2 Å². The molecule has 0 bridgehead atoms. The van der Waals surface area contributed by atoms with Gasteiger partial charge in [-0.3, -0.25) is 4.79 Å². The van der Waals surface area contributed by atoms with E-state index in [4.69, 9.17) is 4.98 Å². The van der Waals surface area contributed by atoms with Gasteiger partial charge in [0.1, 0.15) is 5.82 Å². The van der Waals surface area contributed by atoms with Crippen LogP contribution in [0, 0.1) is 5.92 Å². The number of benzene rings is 1. The number of nitrogens with one attached hydrogen (secondary N) is 1. The number of likely N-dealkylation sites (N-methyl/N-ethyl adjacent to an activating group) is 1. The Morgan fingerprint density at radius 1 is 1.21 bits per heavy atom. The summed E-state index contributed by atoms with van der Waals surface area (Å²) in [6.07, 6.45) is 2.80. The molecule has 0 aliphatic carbocycles. The molecule has 2 saturated heterocycles. The fraction of sp³-hybridized carbons (Fsp3) is 0.571. The normalized spacial score (nSPS) is 21.1. The van der Waals surface area contributed by atoms with Gasteiger partial charge in [0, 0.05) is 31.0 Å². The highest BCUT2D eigenvalue weighted by Gasteiger charge is 2.32. The van der Waals surface area contributed by atoms with Gasteiger partial charge in [0.25, 0.3) is 0 Å². The number of rotatable bonds is 5. The molecule has 28 heavy (non-hydrogen) atoms. The van der Waals surface area contributed by atoms with Crippen molar-refractivity contribution in [3.63, 3.8) is 0 Å². The lowest BCUT2D eigenvalue weighted by Gasteiger charge is -2.37. The zero-order valence-corrected chi connectivity index (χ0v) is 17.5. The number of amides is 1. The Hall–Kier alpha value is -1.99. The topological polar surface area (TPSA) is 53.8 Å². The molecule has 1 atom stereocenters. The minimum absolute atomic E-state index is 0.0957. The van der Waals surface area contributed by atoms with E-state index in [2.05, 4.69) is 33.2 Å². The molecule has 0 unspecified atom stereocenters. The first-order valence-electron chi connectivity index (χ1n) is 10.5. The number of quaternary nitrogens is 1. The predicted molar refractivity (Wildman–Crippen MR) is 112 cm³/mol. The number of nitrogens with zero attached hydrogens (tertiary/aromatic N) is 4. The van der Waals surface area contributed by atoms with Crippen molar-refractivity contribution in [3.05, 3.63) is 41.7 Å². The number of hydrogen-bond acceptors (Lipinski definition) is 5. The SMILES string of the molecule is CC[NH+]1CCN(C(=O)[C@@H]2CCCN(c3nc(Cc4ccccc4)ns3)C2)CC1. The van der Waals surface area contributed by atoms with Crippen molar-refractivity contribution >= 4 is 22.6 Å². The Labute approximate surface area is 171 Å². The van der Waals surface area contributed by atoms with Crippen LogP contribution in [0.1, 0.15) is 31.2 Å². The summed E-state index contributed by atoms with van der Waals surface area (Å²) in [7, 11) is 0. The number of hydrogen-bond donors (Lipinski definition) is 1. The lowest BCUT2D eigenvalue weighted by molar-refractivity contribution is -0.902. The highest BCUT2D eigenvalue weighted by molar-refractivity contribution is 7.09. The van der Waals surface area contributed by atoms with Gasteiger partial charge in [-0.05, 0) is 25.3 Å². The third kappa shape index (κ3) is 4.52. The van der Waals surface area contributed by atoms with Gasteiger partial charge in [0.2, 0.25) is 11.0 Å². The highest BCUT2D eigenvalue weighted by atomic mass is 32.1. The van der Waals surface area contributed by atoms with Gasteiger partial charge in [-0.15, -0.1) is 0 Å². The maximum absolute atomic E-state index is 13.0. The van der Waals surface area contributed by atoms with E-state index in [1.165, 1.54) is 17.1 Å². The summed E-state index contributed by atoms with van der Waals surface area (Å²) in [6.45, 7) is 9.09. The maximum Gasteiger partial charge on any atom is 0.227 e. The van der Waals surface area contributed by atoms with E-state index < -0.39 is 0 Å². The van der Waals surface area contributed by atoms with Crippen LogP contribution in [0.5, 0.6) is 0 Å². The average Bonchev–Trinajstić information content (AvgIpc) is 3.22. The molecule has 7 heteroatoms. The summed E-state index contributed by atoms with van der Waals surface area (Å²) in [4.78, 5) is 23.8. The summed E-state index contributed by atoms with van der Waals surface area (Å²) in [6, 6.07) is 10.3. The molecular weight excluding hydrogens is 370 g/mol. The third-order valence-electron chi connectivity index (χ3n) is 5.99. The van der Waals surface area contributed by atoms with E-state index in [9.17, 15) is 4.79 Å². The number of carbonyl (C=O) groups excluding carboxylic acids is 1.